The number of benzene rings is 1. The molecule has 0 heterocycles. The van der Waals surface area contributed by atoms with E-state index in [1.807, 2.05) is 0 Å². The van der Waals surface area contributed by atoms with E-state index in [-0.39, 0.29) is 5.56 Å². The maximum atomic E-state index is 11.2. The van der Waals surface area contributed by atoms with Crippen molar-refractivity contribution < 1.29 is 22.9 Å². The fourth-order valence-electron chi connectivity index (χ4n) is 1.10. The molecule has 0 atom stereocenters. The van der Waals surface area contributed by atoms with Crippen LogP contribution in [0.25, 0.3) is 0 Å². The first-order valence-electron chi connectivity index (χ1n) is 4.09. The molecule has 17 heavy (non-hydrogen) atoms. The molecule has 0 N–H and O–H groups in total. The van der Waals surface area contributed by atoms with Gasteiger partial charge in [-0.25, -0.2) is 13.2 Å². The molecule has 0 saturated carbocycles. The Kier molecular flexibility index (Phi) is 3.69. The Bertz CT molecular complexity index is 582. The number of esters is 1. The average molecular weight is 280 g/mol. The molecule has 0 bridgehead atoms. The summed E-state index contributed by atoms with van der Waals surface area (Å²) in [7, 11) is 2.00. The van der Waals surface area contributed by atoms with Crippen LogP contribution in [-0.4, -0.2) is 26.4 Å². The van der Waals surface area contributed by atoms with Crippen molar-refractivity contribution in [3.63, 3.8) is 0 Å². The van der Waals surface area contributed by atoms with Gasteiger partial charge in [0.1, 0.15) is 5.56 Å². The van der Waals surface area contributed by atoms with E-state index in [1.165, 1.54) is 0 Å². The Labute approximate surface area is 101 Å². The Morgan fingerprint density at radius 3 is 2.47 bits per heavy atom. The van der Waals surface area contributed by atoms with Crippen LogP contribution >= 0.6 is 10.7 Å². The summed E-state index contributed by atoms with van der Waals surface area (Å²) in [6.45, 7) is 0. The molecule has 9 heteroatoms. The smallest absolute Gasteiger partial charge is 0.344 e. The summed E-state index contributed by atoms with van der Waals surface area (Å²) in [5.74, 6) is -0.935. The Balaban J connectivity index is 3.48. The van der Waals surface area contributed by atoms with Crippen molar-refractivity contribution in [2.24, 2.45) is 0 Å². The monoisotopic (exact) mass is 279 g/mol. The molecule has 1 aromatic carbocycles. The first-order chi connectivity index (χ1) is 7.77. The third-order valence-corrected chi connectivity index (χ3v) is 3.20. The van der Waals surface area contributed by atoms with Crippen molar-refractivity contribution in [1.29, 1.82) is 0 Å². The predicted octanol–water partition coefficient (Wildman–Crippen LogP) is 1.31. The van der Waals surface area contributed by atoms with E-state index in [9.17, 15) is 23.3 Å². The van der Waals surface area contributed by atoms with E-state index in [4.69, 9.17) is 10.7 Å². The molecule has 0 spiro atoms. The van der Waals surface area contributed by atoms with Crippen molar-refractivity contribution in [3.8, 4) is 0 Å². The van der Waals surface area contributed by atoms with Gasteiger partial charge in [-0.3, -0.25) is 10.1 Å². The molecule has 0 radical (unpaired) electrons. The summed E-state index contributed by atoms with van der Waals surface area (Å²) < 4.78 is 26.3. The molecule has 1 aromatic rings. The topological polar surface area (TPSA) is 104 Å². The maximum Gasteiger partial charge on any atom is 0.344 e. The van der Waals surface area contributed by atoms with Crippen molar-refractivity contribution >= 4 is 31.4 Å². The van der Waals surface area contributed by atoms with E-state index in [0.29, 0.717) is 6.07 Å². The Hall–Kier alpha value is -1.67. The number of nitrogens with zero attached hydrogens (tertiary/aromatic N) is 1. The number of halogens is 1. The van der Waals surface area contributed by atoms with Gasteiger partial charge in [0.2, 0.25) is 0 Å². The number of hydrogen-bond donors (Lipinski definition) is 0. The zero-order chi connectivity index (χ0) is 13.2. The van der Waals surface area contributed by atoms with Crippen molar-refractivity contribution in [3.05, 3.63) is 33.9 Å². The van der Waals surface area contributed by atoms with Gasteiger partial charge in [-0.15, -0.1) is 0 Å². The first-order valence-corrected chi connectivity index (χ1v) is 6.39. The summed E-state index contributed by atoms with van der Waals surface area (Å²) >= 11 is 0. The van der Waals surface area contributed by atoms with Crippen molar-refractivity contribution in [2.45, 2.75) is 4.90 Å². The second kappa shape index (κ2) is 4.68. The third-order valence-electron chi connectivity index (χ3n) is 1.85. The van der Waals surface area contributed by atoms with Crippen LogP contribution in [0.15, 0.2) is 23.1 Å². The molecular weight excluding hydrogens is 274 g/mol. The van der Waals surface area contributed by atoms with E-state index in [2.05, 4.69) is 4.74 Å². The van der Waals surface area contributed by atoms with Crippen LogP contribution in [0, 0.1) is 10.1 Å². The number of carbonyl (C=O) groups is 1. The lowest BCUT2D eigenvalue weighted by molar-refractivity contribution is -0.385. The molecule has 1 rings (SSSR count). The fourth-order valence-corrected chi connectivity index (χ4v) is 1.87. The van der Waals surface area contributed by atoms with E-state index in [0.717, 1.165) is 19.2 Å². The number of nitro benzene ring substituents is 1. The minimum Gasteiger partial charge on any atom is -0.465 e. The van der Waals surface area contributed by atoms with Gasteiger partial charge in [-0.1, -0.05) is 0 Å². The van der Waals surface area contributed by atoms with Gasteiger partial charge in [-0.2, -0.15) is 0 Å². The first kappa shape index (κ1) is 13.4. The highest BCUT2D eigenvalue weighted by Gasteiger charge is 2.24. The van der Waals surface area contributed by atoms with Gasteiger partial charge in [0.25, 0.3) is 14.7 Å². The molecule has 0 aliphatic rings. The van der Waals surface area contributed by atoms with Crippen LogP contribution in [0.2, 0.25) is 0 Å². The van der Waals surface area contributed by atoms with Gasteiger partial charge in [-0.05, 0) is 12.1 Å². The van der Waals surface area contributed by atoms with Crippen molar-refractivity contribution in [1.82, 2.24) is 0 Å². The second-order valence-electron chi connectivity index (χ2n) is 2.87. The number of hydrogen-bond acceptors (Lipinski definition) is 6. The van der Waals surface area contributed by atoms with Crippen molar-refractivity contribution in [2.75, 3.05) is 7.11 Å². The zero-order valence-electron chi connectivity index (χ0n) is 8.41. The van der Waals surface area contributed by atoms with Gasteiger partial charge < -0.3 is 4.74 Å². The summed E-state index contributed by atoms with van der Waals surface area (Å²) in [5.41, 5.74) is -1.03. The minimum atomic E-state index is -4.09. The number of ether oxygens (including phenoxy) is 1. The molecule has 0 aliphatic heterocycles. The van der Waals surface area contributed by atoms with Crippen LogP contribution in [0.3, 0.4) is 0 Å². The van der Waals surface area contributed by atoms with Crippen LogP contribution in [0.1, 0.15) is 10.4 Å². The third kappa shape index (κ3) is 2.92. The van der Waals surface area contributed by atoms with Crippen LogP contribution in [0.5, 0.6) is 0 Å². The van der Waals surface area contributed by atoms with E-state index >= 15 is 0 Å². The summed E-state index contributed by atoms with van der Waals surface area (Å²) in [6, 6.07) is 2.66. The van der Waals surface area contributed by atoms with Gasteiger partial charge in [0.05, 0.1) is 16.9 Å². The number of nitro groups is 1. The lowest BCUT2D eigenvalue weighted by Gasteiger charge is -2.02. The molecule has 92 valence electrons. The highest BCUT2D eigenvalue weighted by Crippen LogP contribution is 2.25. The largest absolute Gasteiger partial charge is 0.465 e. The molecule has 0 amide bonds. The van der Waals surface area contributed by atoms with Crippen LogP contribution in [0.4, 0.5) is 5.69 Å². The zero-order valence-corrected chi connectivity index (χ0v) is 9.99. The lowest BCUT2D eigenvalue weighted by Crippen LogP contribution is -2.06. The number of methoxy groups -OCH3 is 1. The maximum absolute atomic E-state index is 11.2. The Morgan fingerprint density at radius 1 is 1.47 bits per heavy atom. The molecule has 0 aromatic heterocycles. The summed E-state index contributed by atoms with van der Waals surface area (Å²) in [6.07, 6.45) is 0. The van der Waals surface area contributed by atoms with Gasteiger partial charge in [0.15, 0.2) is 0 Å². The van der Waals surface area contributed by atoms with E-state index in [1.54, 1.807) is 0 Å². The SMILES string of the molecule is COC(=O)c1ccc(S(=O)(=O)Cl)cc1[N+](=O)[O-]. The molecule has 0 fully saturated rings. The highest BCUT2D eigenvalue weighted by atomic mass is 35.7. The van der Waals surface area contributed by atoms with Gasteiger partial charge >= 0.3 is 5.97 Å². The number of carbonyl (C=O) groups excluding carboxylic acids is 1. The van der Waals surface area contributed by atoms with Gasteiger partial charge in [0, 0.05) is 16.7 Å². The average Bonchev–Trinajstić information content (AvgIpc) is 2.25. The van der Waals surface area contributed by atoms with E-state index < -0.39 is 30.5 Å². The van der Waals surface area contributed by atoms with Crippen LogP contribution < -0.4 is 0 Å². The summed E-state index contributed by atoms with van der Waals surface area (Å²) in [5, 5.41) is 10.7. The lowest BCUT2D eigenvalue weighted by atomic mass is 10.2. The summed E-state index contributed by atoms with van der Waals surface area (Å²) in [4.78, 5) is 20.5. The van der Waals surface area contributed by atoms with Crippen LogP contribution in [-0.2, 0) is 13.8 Å². The predicted molar refractivity (Wildman–Crippen MR) is 57.5 cm³/mol. The minimum absolute atomic E-state index is 0.346. The molecule has 7 nitrogen and oxygen atoms in total. The number of rotatable bonds is 3. The molecule has 0 aliphatic carbocycles. The quantitative estimate of drug-likeness (QED) is 0.357. The normalized spacial score (nSPS) is 10.9. The fraction of sp³-hybridized carbons (Fsp3) is 0.125. The molecule has 0 saturated heterocycles. The molecular formula is C8H6ClNO6S. The Morgan fingerprint density at radius 2 is 2.06 bits per heavy atom. The molecule has 0 unspecified atom stereocenters. The highest BCUT2D eigenvalue weighted by molar-refractivity contribution is 8.13. The standard InChI is InChI=1S/C8H6ClNO6S/c1-16-8(11)6-3-2-5(17(9,14)15)4-7(6)10(12)13/h2-4H,1H3. The second-order valence-corrected chi connectivity index (χ2v) is 5.43.